The fourth-order valence-corrected chi connectivity index (χ4v) is 2.98. The maximum absolute atomic E-state index is 8.78. The van der Waals surface area contributed by atoms with E-state index >= 15 is 0 Å². The fraction of sp³-hybridized carbons (Fsp3) is 0.688. The molecule has 120 valence electrons. The number of aromatic nitrogens is 2. The summed E-state index contributed by atoms with van der Waals surface area (Å²) in [5.74, 6) is 1.47. The summed E-state index contributed by atoms with van der Waals surface area (Å²) < 4.78 is 0. The van der Waals surface area contributed by atoms with Gasteiger partial charge < -0.3 is 10.3 Å². The summed E-state index contributed by atoms with van der Waals surface area (Å²) in [5.41, 5.74) is 1.07. The van der Waals surface area contributed by atoms with Crippen LogP contribution in [0, 0.1) is 17.4 Å². The van der Waals surface area contributed by atoms with Crippen molar-refractivity contribution in [3.8, 4) is 6.19 Å². The molecule has 22 heavy (non-hydrogen) atoms. The second kappa shape index (κ2) is 9.82. The van der Waals surface area contributed by atoms with Gasteiger partial charge in [0.15, 0.2) is 6.19 Å². The number of rotatable bonds is 7. The van der Waals surface area contributed by atoms with Crippen LogP contribution in [-0.4, -0.2) is 29.0 Å². The second-order valence-corrected chi connectivity index (χ2v) is 5.87. The van der Waals surface area contributed by atoms with Gasteiger partial charge in [-0.05, 0) is 18.8 Å². The Morgan fingerprint density at radius 1 is 1.41 bits per heavy atom. The van der Waals surface area contributed by atoms with Crippen LogP contribution in [0.5, 0.6) is 0 Å². The molecule has 0 aromatic carbocycles. The molecule has 0 radical (unpaired) electrons. The summed E-state index contributed by atoms with van der Waals surface area (Å²) in [6.07, 6.45) is 15.6. The molecule has 0 atom stereocenters. The van der Waals surface area contributed by atoms with Gasteiger partial charge in [-0.25, -0.2) is 4.98 Å². The number of nitrogens with one attached hydrogen (secondary N) is 3. The molecular weight excluding hydrogens is 276 g/mol. The number of hydrogen-bond acceptors (Lipinski definition) is 3. The summed E-state index contributed by atoms with van der Waals surface area (Å²) in [5, 5.41) is 14.6. The number of aromatic amines is 1. The van der Waals surface area contributed by atoms with Gasteiger partial charge in [0, 0.05) is 31.4 Å². The van der Waals surface area contributed by atoms with E-state index in [0.29, 0.717) is 5.96 Å². The Balaban J connectivity index is 1.64. The van der Waals surface area contributed by atoms with Gasteiger partial charge in [0.25, 0.3) is 0 Å². The Morgan fingerprint density at radius 3 is 3.00 bits per heavy atom. The van der Waals surface area contributed by atoms with E-state index in [4.69, 9.17) is 5.26 Å². The minimum Gasteiger partial charge on any atom is -0.355 e. The first-order valence-corrected chi connectivity index (χ1v) is 8.29. The van der Waals surface area contributed by atoms with Crippen molar-refractivity contribution in [2.45, 2.75) is 51.4 Å². The summed E-state index contributed by atoms with van der Waals surface area (Å²) >= 11 is 0. The van der Waals surface area contributed by atoms with Gasteiger partial charge >= 0.3 is 0 Å². The second-order valence-electron chi connectivity index (χ2n) is 5.87. The lowest BCUT2D eigenvalue weighted by Crippen LogP contribution is -2.36. The Hall–Kier alpha value is -2.03. The average molecular weight is 302 g/mol. The van der Waals surface area contributed by atoms with Gasteiger partial charge in [0.05, 0.1) is 6.33 Å². The summed E-state index contributed by atoms with van der Waals surface area (Å²) in [6.45, 7) is 1.50. The fourth-order valence-electron chi connectivity index (χ4n) is 2.98. The van der Waals surface area contributed by atoms with Crippen molar-refractivity contribution >= 4 is 5.96 Å². The highest BCUT2D eigenvalue weighted by molar-refractivity contribution is 5.81. The smallest absolute Gasteiger partial charge is 0.204 e. The summed E-state index contributed by atoms with van der Waals surface area (Å²) in [4.78, 5) is 11.5. The molecule has 1 heterocycles. The summed E-state index contributed by atoms with van der Waals surface area (Å²) in [7, 11) is 0. The van der Waals surface area contributed by atoms with Crippen molar-refractivity contribution in [1.82, 2.24) is 20.6 Å². The average Bonchev–Trinajstić information content (AvgIpc) is 3.06. The molecule has 1 aromatic heterocycles. The van der Waals surface area contributed by atoms with Gasteiger partial charge in [0.2, 0.25) is 5.96 Å². The standard InChI is InChI=1S/C16H26N6/c17-12-21-16(20-10-8-15-11-18-13-22-15)19-9-4-7-14-5-2-1-3-6-14/h11,13-14H,1-10H2,(H,18,22)(H2,19,20,21). The van der Waals surface area contributed by atoms with Crippen molar-refractivity contribution in [3.05, 3.63) is 18.2 Å². The highest BCUT2D eigenvalue weighted by Gasteiger charge is 2.12. The van der Waals surface area contributed by atoms with Crippen LogP contribution < -0.4 is 10.6 Å². The lowest BCUT2D eigenvalue weighted by Gasteiger charge is -2.20. The van der Waals surface area contributed by atoms with Gasteiger partial charge in [-0.2, -0.15) is 5.26 Å². The number of imidazole rings is 1. The molecule has 0 unspecified atom stereocenters. The first kappa shape index (κ1) is 16.3. The molecule has 0 amide bonds. The van der Waals surface area contributed by atoms with Crippen molar-refractivity contribution in [1.29, 1.82) is 5.26 Å². The van der Waals surface area contributed by atoms with Gasteiger partial charge in [-0.15, -0.1) is 0 Å². The number of H-pyrrole nitrogens is 1. The highest BCUT2D eigenvalue weighted by atomic mass is 15.2. The zero-order valence-electron chi connectivity index (χ0n) is 13.1. The van der Waals surface area contributed by atoms with Crippen molar-refractivity contribution < 1.29 is 0 Å². The zero-order valence-corrected chi connectivity index (χ0v) is 13.1. The van der Waals surface area contributed by atoms with E-state index in [1.54, 1.807) is 12.5 Å². The Labute approximate surface area is 132 Å². The molecule has 1 fully saturated rings. The van der Waals surface area contributed by atoms with E-state index in [2.05, 4.69) is 25.6 Å². The van der Waals surface area contributed by atoms with E-state index in [0.717, 1.165) is 37.5 Å². The molecule has 0 spiro atoms. The molecule has 3 N–H and O–H groups in total. The Kier molecular flexibility index (Phi) is 7.30. The normalized spacial score (nSPS) is 16.2. The molecule has 2 rings (SSSR count). The van der Waals surface area contributed by atoms with Crippen LogP contribution in [0.1, 0.15) is 50.6 Å². The third-order valence-corrected chi connectivity index (χ3v) is 4.18. The molecule has 1 saturated carbocycles. The van der Waals surface area contributed by atoms with Gasteiger partial charge in [-0.1, -0.05) is 32.1 Å². The van der Waals surface area contributed by atoms with Crippen molar-refractivity contribution in [2.75, 3.05) is 13.1 Å². The first-order valence-electron chi connectivity index (χ1n) is 8.29. The topological polar surface area (TPSA) is 88.9 Å². The number of nitrogens with zero attached hydrogens (tertiary/aromatic N) is 3. The molecule has 1 aromatic rings. The third kappa shape index (κ3) is 6.17. The lowest BCUT2D eigenvalue weighted by atomic mass is 9.86. The van der Waals surface area contributed by atoms with Crippen molar-refractivity contribution in [3.63, 3.8) is 0 Å². The van der Waals surface area contributed by atoms with Crippen LogP contribution >= 0.6 is 0 Å². The third-order valence-electron chi connectivity index (χ3n) is 4.18. The lowest BCUT2D eigenvalue weighted by molar-refractivity contribution is 0.334. The van der Waals surface area contributed by atoms with E-state index in [9.17, 15) is 0 Å². The van der Waals surface area contributed by atoms with Crippen LogP contribution in [0.2, 0.25) is 0 Å². The predicted octanol–water partition coefficient (Wildman–Crippen LogP) is 2.33. The van der Waals surface area contributed by atoms with Crippen LogP contribution in [0.25, 0.3) is 0 Å². The highest BCUT2D eigenvalue weighted by Crippen LogP contribution is 2.27. The molecule has 0 bridgehead atoms. The minimum atomic E-state index is 0.575. The molecule has 6 heteroatoms. The Morgan fingerprint density at radius 2 is 2.27 bits per heavy atom. The number of guanidine groups is 1. The molecule has 6 nitrogen and oxygen atoms in total. The number of hydrogen-bond donors (Lipinski definition) is 3. The monoisotopic (exact) mass is 302 g/mol. The molecule has 1 aliphatic rings. The Bertz CT molecular complexity index is 467. The van der Waals surface area contributed by atoms with Crippen LogP contribution in [0.3, 0.4) is 0 Å². The van der Waals surface area contributed by atoms with E-state index in [-0.39, 0.29) is 0 Å². The minimum absolute atomic E-state index is 0.575. The van der Waals surface area contributed by atoms with E-state index in [1.807, 2.05) is 6.19 Å². The van der Waals surface area contributed by atoms with Gasteiger partial charge in [0.1, 0.15) is 0 Å². The van der Waals surface area contributed by atoms with Crippen LogP contribution in [0.4, 0.5) is 0 Å². The maximum Gasteiger partial charge on any atom is 0.204 e. The van der Waals surface area contributed by atoms with E-state index in [1.165, 1.54) is 38.5 Å². The zero-order chi connectivity index (χ0) is 15.5. The quantitative estimate of drug-likeness (QED) is 0.237. The SMILES string of the molecule is N#CNC(=NCCCC1CCCCC1)NCCc1cnc[nH]1. The number of nitriles is 1. The van der Waals surface area contributed by atoms with Gasteiger partial charge in [-0.3, -0.25) is 10.3 Å². The largest absolute Gasteiger partial charge is 0.355 e. The van der Waals surface area contributed by atoms with Crippen molar-refractivity contribution in [2.24, 2.45) is 10.9 Å². The first-order chi connectivity index (χ1) is 10.9. The molecular formula is C16H26N6. The predicted molar refractivity (Wildman–Crippen MR) is 87.2 cm³/mol. The molecule has 0 aliphatic heterocycles. The molecule has 0 saturated heterocycles. The maximum atomic E-state index is 8.78. The van der Waals surface area contributed by atoms with E-state index < -0.39 is 0 Å². The van der Waals surface area contributed by atoms with Crippen LogP contribution in [-0.2, 0) is 6.42 Å². The van der Waals surface area contributed by atoms with Crippen LogP contribution in [0.15, 0.2) is 17.5 Å². The summed E-state index contributed by atoms with van der Waals surface area (Å²) in [6, 6.07) is 0. The molecule has 1 aliphatic carbocycles. The number of aliphatic imine (C=N–C) groups is 1.